The van der Waals surface area contributed by atoms with Gasteiger partial charge in [-0.05, 0) is 24.6 Å². The molecule has 2 heteroatoms. The normalized spacial score (nSPS) is 8.00. The number of aryl methyl sites for hydroxylation is 1. The van der Waals surface area contributed by atoms with Gasteiger partial charge in [-0.1, -0.05) is 26.0 Å². The van der Waals surface area contributed by atoms with E-state index in [1.165, 1.54) is 0 Å². The maximum absolute atomic E-state index is 11.4. The molecule has 0 amide bonds. The first-order valence-corrected chi connectivity index (χ1v) is 3.68. The van der Waals surface area contributed by atoms with Gasteiger partial charge in [-0.15, -0.1) is 0 Å². The van der Waals surface area contributed by atoms with Crippen LogP contribution in [0.15, 0.2) is 24.3 Å². The summed E-state index contributed by atoms with van der Waals surface area (Å²) >= 11 is 0. The summed E-state index contributed by atoms with van der Waals surface area (Å²) in [7, 11) is 0. The lowest BCUT2D eigenvalue weighted by Gasteiger charge is -1.92. The van der Waals surface area contributed by atoms with Gasteiger partial charge in [-0.25, -0.2) is 0 Å². The van der Waals surface area contributed by atoms with Crippen LogP contribution in [0.3, 0.4) is 0 Å². The topological polar surface area (TPSA) is 9.23 Å². The molecule has 0 unspecified atom stereocenters. The molecular weight excluding hydrogens is 143 g/mol. The Balaban J connectivity index is 0.000000461. The summed E-state index contributed by atoms with van der Waals surface area (Å²) in [5, 5.41) is 0. The number of hydrogen-bond acceptors (Lipinski definition) is 1. The van der Waals surface area contributed by atoms with Gasteiger partial charge in [0, 0.05) is 4.53 Å². The molecule has 0 saturated heterocycles. The van der Waals surface area contributed by atoms with Crippen LogP contribution >= 0.6 is 0 Å². The summed E-state index contributed by atoms with van der Waals surface area (Å²) in [6.45, 7) is 5.88. The summed E-state index contributed by atoms with van der Waals surface area (Å²) in [6.07, 6.45) is 0. The Morgan fingerprint density at radius 1 is 1.27 bits per heavy atom. The molecule has 0 atom stereocenters. The van der Waals surface area contributed by atoms with Crippen molar-refractivity contribution in [3.8, 4) is 5.75 Å². The Kier molecular flexibility index (Phi) is 5.17. The zero-order valence-electron chi connectivity index (χ0n) is 7.10. The van der Waals surface area contributed by atoms with E-state index in [0.717, 1.165) is 5.56 Å². The number of rotatable bonds is 1. The summed E-state index contributed by atoms with van der Waals surface area (Å²) in [5.41, 5.74) is 0.991. The quantitative estimate of drug-likeness (QED) is 0.606. The predicted octanol–water partition coefficient (Wildman–Crippen LogP) is 3.28. The maximum Gasteiger partial charge on any atom is 0.172 e. The van der Waals surface area contributed by atoms with Crippen LogP contribution in [0.2, 0.25) is 0 Å². The Labute approximate surface area is 66.7 Å². The third kappa shape index (κ3) is 3.61. The second-order valence-corrected chi connectivity index (χ2v) is 1.89. The SMILES string of the molecule is CC.Cc1cccc(OF)c1. The van der Waals surface area contributed by atoms with Crippen LogP contribution in [0.25, 0.3) is 0 Å². The maximum atomic E-state index is 11.4. The van der Waals surface area contributed by atoms with Crippen molar-refractivity contribution in [3.63, 3.8) is 0 Å². The van der Waals surface area contributed by atoms with Crippen molar-refractivity contribution in [2.24, 2.45) is 0 Å². The molecule has 0 N–H and O–H groups in total. The first-order valence-electron chi connectivity index (χ1n) is 3.68. The van der Waals surface area contributed by atoms with Gasteiger partial charge >= 0.3 is 0 Å². The van der Waals surface area contributed by atoms with Gasteiger partial charge in [0.15, 0.2) is 5.75 Å². The lowest BCUT2D eigenvalue weighted by molar-refractivity contribution is -0.00626. The second kappa shape index (κ2) is 5.71. The fourth-order valence-corrected chi connectivity index (χ4v) is 0.663. The Hall–Kier alpha value is -1.05. The van der Waals surface area contributed by atoms with Gasteiger partial charge in [0.25, 0.3) is 0 Å². The molecule has 0 saturated carbocycles. The molecule has 0 aliphatic rings. The minimum Gasteiger partial charge on any atom is -0.294 e. The number of hydrogen-bond donors (Lipinski definition) is 0. The van der Waals surface area contributed by atoms with Crippen molar-refractivity contribution < 1.29 is 9.47 Å². The van der Waals surface area contributed by atoms with Crippen molar-refractivity contribution in [2.75, 3.05) is 0 Å². The third-order valence-corrected chi connectivity index (χ3v) is 1.08. The first-order chi connectivity index (χ1) is 5.33. The predicted molar refractivity (Wildman–Crippen MR) is 44.3 cm³/mol. The molecule has 0 heterocycles. The van der Waals surface area contributed by atoms with E-state index in [-0.39, 0.29) is 5.75 Å². The summed E-state index contributed by atoms with van der Waals surface area (Å²) < 4.78 is 11.4. The van der Waals surface area contributed by atoms with Crippen molar-refractivity contribution in [1.82, 2.24) is 0 Å². The fraction of sp³-hybridized carbons (Fsp3) is 0.333. The molecule has 1 aromatic rings. The van der Waals surface area contributed by atoms with E-state index in [4.69, 9.17) is 0 Å². The molecule has 11 heavy (non-hydrogen) atoms. The van der Waals surface area contributed by atoms with Crippen molar-refractivity contribution in [1.29, 1.82) is 0 Å². The minimum absolute atomic E-state index is 0.259. The summed E-state index contributed by atoms with van der Waals surface area (Å²) in [5.74, 6) is 0.259. The zero-order valence-corrected chi connectivity index (χ0v) is 7.10. The van der Waals surface area contributed by atoms with E-state index in [2.05, 4.69) is 4.94 Å². The number of halogens is 1. The lowest BCUT2D eigenvalue weighted by Crippen LogP contribution is -1.75. The second-order valence-electron chi connectivity index (χ2n) is 1.89. The third-order valence-electron chi connectivity index (χ3n) is 1.08. The summed E-state index contributed by atoms with van der Waals surface area (Å²) in [6, 6.07) is 6.81. The monoisotopic (exact) mass is 156 g/mol. The van der Waals surface area contributed by atoms with Crippen LogP contribution in [-0.4, -0.2) is 0 Å². The van der Waals surface area contributed by atoms with Gasteiger partial charge in [0.1, 0.15) is 0 Å². The molecule has 0 spiro atoms. The van der Waals surface area contributed by atoms with Crippen LogP contribution in [0.4, 0.5) is 4.53 Å². The smallest absolute Gasteiger partial charge is 0.172 e. The molecule has 0 aliphatic carbocycles. The molecular formula is C9H13FO. The highest BCUT2D eigenvalue weighted by atomic mass is 19.3. The molecule has 0 fully saturated rings. The van der Waals surface area contributed by atoms with Gasteiger partial charge < -0.3 is 0 Å². The molecule has 0 aromatic heterocycles. The minimum atomic E-state index is 0.259. The summed E-state index contributed by atoms with van der Waals surface area (Å²) in [4.78, 5) is 3.50. The zero-order chi connectivity index (χ0) is 8.69. The average Bonchev–Trinajstić information content (AvgIpc) is 2.08. The van der Waals surface area contributed by atoms with Crippen LogP contribution in [0.5, 0.6) is 5.75 Å². The van der Waals surface area contributed by atoms with Crippen molar-refractivity contribution in [3.05, 3.63) is 29.8 Å². The van der Waals surface area contributed by atoms with Gasteiger partial charge in [0.05, 0.1) is 0 Å². The number of benzene rings is 1. The Morgan fingerprint density at radius 2 is 1.91 bits per heavy atom. The molecule has 1 aromatic carbocycles. The molecule has 0 aliphatic heterocycles. The largest absolute Gasteiger partial charge is 0.294 e. The fourth-order valence-electron chi connectivity index (χ4n) is 0.663. The molecule has 0 radical (unpaired) electrons. The first kappa shape index (κ1) is 9.95. The Morgan fingerprint density at radius 3 is 2.27 bits per heavy atom. The highest BCUT2D eigenvalue weighted by Crippen LogP contribution is 2.11. The van der Waals surface area contributed by atoms with E-state index < -0.39 is 0 Å². The van der Waals surface area contributed by atoms with E-state index in [0.29, 0.717) is 0 Å². The molecule has 62 valence electrons. The van der Waals surface area contributed by atoms with E-state index in [1.54, 1.807) is 18.2 Å². The van der Waals surface area contributed by atoms with Gasteiger partial charge in [-0.3, -0.25) is 4.94 Å². The van der Waals surface area contributed by atoms with E-state index in [1.807, 2.05) is 26.8 Å². The van der Waals surface area contributed by atoms with Gasteiger partial charge in [-0.2, -0.15) is 0 Å². The molecule has 0 bridgehead atoms. The molecule has 1 rings (SSSR count). The van der Waals surface area contributed by atoms with Crippen LogP contribution in [-0.2, 0) is 0 Å². The van der Waals surface area contributed by atoms with E-state index in [9.17, 15) is 4.53 Å². The van der Waals surface area contributed by atoms with Crippen LogP contribution in [0, 0.1) is 6.92 Å². The van der Waals surface area contributed by atoms with Gasteiger partial charge in [0.2, 0.25) is 0 Å². The lowest BCUT2D eigenvalue weighted by atomic mass is 10.2. The highest BCUT2D eigenvalue weighted by molar-refractivity contribution is 5.26. The van der Waals surface area contributed by atoms with Crippen molar-refractivity contribution in [2.45, 2.75) is 20.8 Å². The standard InChI is InChI=1S/C7H7FO.C2H6/c1-6-3-2-4-7(5-6)9-8;1-2/h2-5H,1H3;1-2H3. The highest BCUT2D eigenvalue weighted by Gasteiger charge is 1.89. The van der Waals surface area contributed by atoms with Crippen molar-refractivity contribution >= 4 is 0 Å². The Bertz CT molecular complexity index is 199. The van der Waals surface area contributed by atoms with Crippen LogP contribution in [0.1, 0.15) is 19.4 Å². The van der Waals surface area contributed by atoms with E-state index >= 15 is 0 Å². The van der Waals surface area contributed by atoms with Crippen LogP contribution < -0.4 is 4.94 Å². The molecule has 1 nitrogen and oxygen atoms in total. The average molecular weight is 156 g/mol.